The summed E-state index contributed by atoms with van der Waals surface area (Å²) in [6, 6.07) is 2.08. The van der Waals surface area contributed by atoms with Gasteiger partial charge in [-0.25, -0.2) is 0 Å². The molecule has 0 bridgehead atoms. The first-order chi connectivity index (χ1) is 8.43. The summed E-state index contributed by atoms with van der Waals surface area (Å²) in [4.78, 5) is 8.30. The third-order valence-corrected chi connectivity index (χ3v) is 3.16. The smallest absolute Gasteiger partial charge is 0.112 e. The molecular weight excluding hydrogens is 285 g/mol. The van der Waals surface area contributed by atoms with Gasteiger partial charge in [0.25, 0.3) is 0 Å². The molecule has 2 N–H and O–H groups in total. The number of H-pyrrole nitrogens is 1. The second kappa shape index (κ2) is 7.43. The zero-order chi connectivity index (χ0) is 11.5. The van der Waals surface area contributed by atoms with Crippen LogP contribution in [-0.2, 0) is 0 Å². The molecule has 3 heterocycles. The van der Waals surface area contributed by atoms with Gasteiger partial charge in [0.15, 0.2) is 0 Å². The Morgan fingerprint density at radius 3 is 2.74 bits per heavy atom. The standard InChI is InChI=1S/C12H15N5.2ClH/c1-2-9(7-13-3-1)10-6-11(17-16-10)12-8-14-4-5-15-12;;/h4-6,8-9,13H,1-3,7H2,(H,16,17);2*1H/t9-;;/m0../s1. The Balaban J connectivity index is 0.000000902. The summed E-state index contributed by atoms with van der Waals surface area (Å²) in [6.45, 7) is 2.16. The van der Waals surface area contributed by atoms with Crippen LogP contribution in [0.15, 0.2) is 24.7 Å². The van der Waals surface area contributed by atoms with E-state index in [4.69, 9.17) is 0 Å². The van der Waals surface area contributed by atoms with Crippen molar-refractivity contribution in [2.45, 2.75) is 18.8 Å². The van der Waals surface area contributed by atoms with Gasteiger partial charge in [-0.1, -0.05) is 0 Å². The van der Waals surface area contributed by atoms with Gasteiger partial charge in [-0.2, -0.15) is 5.10 Å². The van der Waals surface area contributed by atoms with Crippen LogP contribution in [0, 0.1) is 0 Å². The molecule has 0 aliphatic carbocycles. The highest BCUT2D eigenvalue weighted by atomic mass is 35.5. The third-order valence-electron chi connectivity index (χ3n) is 3.16. The molecule has 19 heavy (non-hydrogen) atoms. The molecule has 0 unspecified atom stereocenters. The number of nitrogens with zero attached hydrogens (tertiary/aromatic N) is 3. The summed E-state index contributed by atoms with van der Waals surface area (Å²) in [6.07, 6.45) is 7.53. The molecule has 104 valence electrons. The fourth-order valence-electron chi connectivity index (χ4n) is 2.23. The first-order valence-corrected chi connectivity index (χ1v) is 5.96. The number of aromatic amines is 1. The number of piperidine rings is 1. The molecule has 2 aromatic rings. The molecule has 0 aromatic carbocycles. The van der Waals surface area contributed by atoms with Crippen molar-refractivity contribution in [3.05, 3.63) is 30.4 Å². The van der Waals surface area contributed by atoms with Crippen LogP contribution in [0.1, 0.15) is 24.5 Å². The van der Waals surface area contributed by atoms with E-state index in [1.54, 1.807) is 18.6 Å². The van der Waals surface area contributed by atoms with Gasteiger partial charge < -0.3 is 5.32 Å². The van der Waals surface area contributed by atoms with E-state index in [0.29, 0.717) is 5.92 Å². The van der Waals surface area contributed by atoms with Gasteiger partial charge in [0.1, 0.15) is 11.4 Å². The number of nitrogens with one attached hydrogen (secondary N) is 2. The summed E-state index contributed by atoms with van der Waals surface area (Å²) in [5.74, 6) is 0.543. The zero-order valence-electron chi connectivity index (χ0n) is 10.4. The number of hydrogen-bond donors (Lipinski definition) is 2. The van der Waals surface area contributed by atoms with Gasteiger partial charge in [0, 0.05) is 30.6 Å². The Kier molecular flexibility index (Phi) is 6.21. The lowest BCUT2D eigenvalue weighted by atomic mass is 9.96. The van der Waals surface area contributed by atoms with Crippen molar-refractivity contribution in [1.29, 1.82) is 0 Å². The average Bonchev–Trinajstić information content (AvgIpc) is 2.90. The maximum absolute atomic E-state index is 4.31. The van der Waals surface area contributed by atoms with Crippen LogP contribution in [0.3, 0.4) is 0 Å². The lowest BCUT2D eigenvalue weighted by Crippen LogP contribution is -2.28. The minimum Gasteiger partial charge on any atom is -0.316 e. The minimum atomic E-state index is 0. The first-order valence-electron chi connectivity index (χ1n) is 5.96. The summed E-state index contributed by atoms with van der Waals surface area (Å²) in [7, 11) is 0. The van der Waals surface area contributed by atoms with Crippen molar-refractivity contribution in [2.24, 2.45) is 0 Å². The zero-order valence-corrected chi connectivity index (χ0v) is 12.0. The largest absolute Gasteiger partial charge is 0.316 e. The second-order valence-corrected chi connectivity index (χ2v) is 4.34. The van der Waals surface area contributed by atoms with E-state index in [2.05, 4.69) is 31.5 Å². The first kappa shape index (κ1) is 15.9. The van der Waals surface area contributed by atoms with Gasteiger partial charge in [0.2, 0.25) is 0 Å². The minimum absolute atomic E-state index is 0. The van der Waals surface area contributed by atoms with E-state index in [9.17, 15) is 0 Å². The van der Waals surface area contributed by atoms with Gasteiger partial charge >= 0.3 is 0 Å². The summed E-state index contributed by atoms with van der Waals surface area (Å²) < 4.78 is 0. The van der Waals surface area contributed by atoms with E-state index in [0.717, 1.165) is 24.5 Å². The number of halogens is 2. The SMILES string of the molecule is Cl.Cl.c1cnc(-c2cc([C@H]3CCCNC3)[nH]n2)cn1. The molecule has 5 nitrogen and oxygen atoms in total. The van der Waals surface area contributed by atoms with E-state index >= 15 is 0 Å². The van der Waals surface area contributed by atoms with Crippen molar-refractivity contribution in [1.82, 2.24) is 25.5 Å². The fourth-order valence-corrected chi connectivity index (χ4v) is 2.23. The van der Waals surface area contributed by atoms with Crippen LogP contribution in [0.25, 0.3) is 11.4 Å². The Morgan fingerprint density at radius 2 is 2.05 bits per heavy atom. The summed E-state index contributed by atoms with van der Waals surface area (Å²) in [5.41, 5.74) is 2.88. The van der Waals surface area contributed by atoms with Crippen LogP contribution >= 0.6 is 24.8 Å². The predicted octanol–water partition coefficient (Wildman–Crippen LogP) is 2.18. The molecule has 3 rings (SSSR count). The molecule has 2 aromatic heterocycles. The Hall–Kier alpha value is -1.17. The molecule has 1 aliphatic rings. The van der Waals surface area contributed by atoms with Gasteiger partial charge in [-0.05, 0) is 25.5 Å². The highest BCUT2D eigenvalue weighted by molar-refractivity contribution is 5.85. The Morgan fingerprint density at radius 1 is 1.16 bits per heavy atom. The topological polar surface area (TPSA) is 66.5 Å². The maximum atomic E-state index is 4.31. The molecule has 1 atom stereocenters. The summed E-state index contributed by atoms with van der Waals surface area (Å²) in [5, 5.41) is 10.8. The molecule has 0 amide bonds. The van der Waals surface area contributed by atoms with Crippen LogP contribution in [0.2, 0.25) is 0 Å². The van der Waals surface area contributed by atoms with Crippen molar-refractivity contribution in [2.75, 3.05) is 13.1 Å². The highest BCUT2D eigenvalue weighted by Gasteiger charge is 2.17. The van der Waals surface area contributed by atoms with E-state index in [-0.39, 0.29) is 24.8 Å². The quantitative estimate of drug-likeness (QED) is 0.892. The van der Waals surface area contributed by atoms with Crippen molar-refractivity contribution in [3.63, 3.8) is 0 Å². The van der Waals surface area contributed by atoms with Crippen LogP contribution in [0.5, 0.6) is 0 Å². The lowest BCUT2D eigenvalue weighted by molar-refractivity contribution is 0.454. The lowest BCUT2D eigenvalue weighted by Gasteiger charge is -2.21. The van der Waals surface area contributed by atoms with E-state index in [1.165, 1.54) is 18.5 Å². The van der Waals surface area contributed by atoms with Gasteiger partial charge in [-0.3, -0.25) is 15.1 Å². The van der Waals surface area contributed by atoms with Crippen molar-refractivity contribution in [3.8, 4) is 11.4 Å². The Bertz CT molecular complexity index is 482. The maximum Gasteiger partial charge on any atom is 0.112 e. The molecule has 7 heteroatoms. The number of aromatic nitrogens is 4. The van der Waals surface area contributed by atoms with Gasteiger partial charge in [0.05, 0.1) is 6.20 Å². The highest BCUT2D eigenvalue weighted by Crippen LogP contribution is 2.24. The van der Waals surface area contributed by atoms with Crippen molar-refractivity contribution >= 4 is 24.8 Å². The predicted molar refractivity (Wildman–Crippen MR) is 79.0 cm³/mol. The second-order valence-electron chi connectivity index (χ2n) is 4.34. The average molecular weight is 302 g/mol. The molecule has 0 spiro atoms. The normalized spacial score (nSPS) is 18.2. The molecule has 1 saturated heterocycles. The number of hydrogen-bond acceptors (Lipinski definition) is 4. The molecular formula is C12H17Cl2N5. The van der Waals surface area contributed by atoms with Crippen molar-refractivity contribution < 1.29 is 0 Å². The van der Waals surface area contributed by atoms with Crippen LogP contribution in [-0.4, -0.2) is 33.3 Å². The monoisotopic (exact) mass is 301 g/mol. The van der Waals surface area contributed by atoms with E-state index < -0.39 is 0 Å². The molecule has 0 radical (unpaired) electrons. The third kappa shape index (κ3) is 3.65. The van der Waals surface area contributed by atoms with Gasteiger partial charge in [-0.15, -0.1) is 24.8 Å². The Labute approximate surface area is 124 Å². The number of rotatable bonds is 2. The van der Waals surface area contributed by atoms with Crippen LogP contribution < -0.4 is 5.32 Å². The fraction of sp³-hybridized carbons (Fsp3) is 0.417. The van der Waals surface area contributed by atoms with E-state index in [1.807, 2.05) is 0 Å². The molecule has 0 saturated carbocycles. The van der Waals surface area contributed by atoms with Crippen LogP contribution in [0.4, 0.5) is 0 Å². The molecule has 1 aliphatic heterocycles. The molecule has 1 fully saturated rings. The summed E-state index contributed by atoms with van der Waals surface area (Å²) >= 11 is 0.